The standard InChI is InChI=1S/C8H14N4OS/c1-6(3-9-2)4-10-8(13)7-5-14-12-11-7/h5-6,9H,3-4H2,1-2H3,(H,10,13). The van der Waals surface area contributed by atoms with Crippen molar-refractivity contribution in [3.05, 3.63) is 11.1 Å². The van der Waals surface area contributed by atoms with Crippen molar-refractivity contribution in [2.24, 2.45) is 5.92 Å². The van der Waals surface area contributed by atoms with Crippen LogP contribution in [0.2, 0.25) is 0 Å². The van der Waals surface area contributed by atoms with E-state index >= 15 is 0 Å². The lowest BCUT2D eigenvalue weighted by Crippen LogP contribution is -2.32. The minimum Gasteiger partial charge on any atom is -0.350 e. The molecule has 0 aromatic carbocycles. The van der Waals surface area contributed by atoms with E-state index in [1.165, 1.54) is 11.5 Å². The molecule has 1 amide bonds. The fourth-order valence-electron chi connectivity index (χ4n) is 1.04. The van der Waals surface area contributed by atoms with E-state index in [0.717, 1.165) is 6.54 Å². The number of carbonyl (C=O) groups is 1. The van der Waals surface area contributed by atoms with Crippen molar-refractivity contribution < 1.29 is 4.79 Å². The number of amides is 1. The number of rotatable bonds is 5. The molecule has 5 nitrogen and oxygen atoms in total. The lowest BCUT2D eigenvalue weighted by Gasteiger charge is -2.10. The topological polar surface area (TPSA) is 66.9 Å². The summed E-state index contributed by atoms with van der Waals surface area (Å²) in [6.07, 6.45) is 0. The van der Waals surface area contributed by atoms with Crippen LogP contribution < -0.4 is 10.6 Å². The highest BCUT2D eigenvalue weighted by molar-refractivity contribution is 7.03. The first-order chi connectivity index (χ1) is 6.74. The van der Waals surface area contributed by atoms with E-state index in [1.54, 1.807) is 5.38 Å². The molecule has 0 saturated carbocycles. The number of hydrogen-bond donors (Lipinski definition) is 2. The third-order valence-electron chi connectivity index (χ3n) is 1.76. The normalized spacial score (nSPS) is 12.4. The van der Waals surface area contributed by atoms with Gasteiger partial charge in [-0.25, -0.2) is 0 Å². The summed E-state index contributed by atoms with van der Waals surface area (Å²) >= 11 is 1.18. The van der Waals surface area contributed by atoms with Crippen molar-refractivity contribution in [1.29, 1.82) is 0 Å². The van der Waals surface area contributed by atoms with E-state index in [4.69, 9.17) is 0 Å². The molecule has 1 rings (SSSR count). The fraction of sp³-hybridized carbons (Fsp3) is 0.625. The smallest absolute Gasteiger partial charge is 0.272 e. The first kappa shape index (κ1) is 11.1. The second kappa shape index (κ2) is 5.66. The van der Waals surface area contributed by atoms with E-state index in [-0.39, 0.29) is 5.91 Å². The maximum absolute atomic E-state index is 11.4. The van der Waals surface area contributed by atoms with Gasteiger partial charge in [0.25, 0.3) is 5.91 Å². The van der Waals surface area contributed by atoms with Crippen LogP contribution >= 0.6 is 11.5 Å². The minimum atomic E-state index is -0.151. The van der Waals surface area contributed by atoms with E-state index < -0.39 is 0 Å². The average Bonchev–Trinajstić information content (AvgIpc) is 2.67. The van der Waals surface area contributed by atoms with E-state index in [2.05, 4.69) is 27.1 Å². The number of nitrogens with zero attached hydrogens (tertiary/aromatic N) is 2. The van der Waals surface area contributed by atoms with Crippen LogP contribution in [0, 0.1) is 5.92 Å². The zero-order valence-electron chi connectivity index (χ0n) is 8.28. The summed E-state index contributed by atoms with van der Waals surface area (Å²) in [6, 6.07) is 0. The zero-order chi connectivity index (χ0) is 10.4. The van der Waals surface area contributed by atoms with Crippen LogP contribution in [0.25, 0.3) is 0 Å². The lowest BCUT2D eigenvalue weighted by atomic mass is 10.2. The summed E-state index contributed by atoms with van der Waals surface area (Å²) in [5, 5.41) is 11.2. The highest BCUT2D eigenvalue weighted by Crippen LogP contribution is 1.97. The number of carbonyl (C=O) groups excluding carboxylic acids is 1. The summed E-state index contributed by atoms with van der Waals surface area (Å²) < 4.78 is 3.63. The molecule has 1 aromatic heterocycles. The molecule has 14 heavy (non-hydrogen) atoms. The molecule has 0 spiro atoms. The Labute approximate surface area is 87.1 Å². The van der Waals surface area contributed by atoms with Crippen molar-refractivity contribution >= 4 is 17.4 Å². The third kappa shape index (κ3) is 3.39. The minimum absolute atomic E-state index is 0.151. The molecule has 0 aliphatic carbocycles. The van der Waals surface area contributed by atoms with Crippen LogP contribution in [0.3, 0.4) is 0 Å². The quantitative estimate of drug-likeness (QED) is 0.731. The number of hydrogen-bond acceptors (Lipinski definition) is 5. The van der Waals surface area contributed by atoms with Gasteiger partial charge in [0.2, 0.25) is 0 Å². The molecule has 1 atom stereocenters. The highest BCUT2D eigenvalue weighted by atomic mass is 32.1. The molecule has 1 heterocycles. The Kier molecular flexibility index (Phi) is 4.48. The first-order valence-electron chi connectivity index (χ1n) is 4.44. The Morgan fingerprint density at radius 1 is 1.64 bits per heavy atom. The molecular weight excluding hydrogens is 200 g/mol. The SMILES string of the molecule is CNCC(C)CNC(=O)c1csnn1. The predicted octanol–water partition coefficient (Wildman–Crippen LogP) is 0.123. The van der Waals surface area contributed by atoms with Gasteiger partial charge in [0.05, 0.1) is 0 Å². The Morgan fingerprint density at radius 3 is 3.00 bits per heavy atom. The van der Waals surface area contributed by atoms with Gasteiger partial charge in [-0.3, -0.25) is 4.79 Å². The largest absolute Gasteiger partial charge is 0.350 e. The van der Waals surface area contributed by atoms with Crippen LogP contribution in [-0.2, 0) is 0 Å². The van der Waals surface area contributed by atoms with E-state index in [9.17, 15) is 4.79 Å². The molecule has 78 valence electrons. The fourth-order valence-corrected chi connectivity index (χ4v) is 1.48. The lowest BCUT2D eigenvalue weighted by molar-refractivity contribution is 0.0943. The summed E-state index contributed by atoms with van der Waals surface area (Å²) in [5.74, 6) is 0.261. The van der Waals surface area contributed by atoms with Gasteiger partial charge < -0.3 is 10.6 Å². The van der Waals surface area contributed by atoms with Crippen molar-refractivity contribution in [1.82, 2.24) is 20.2 Å². The van der Waals surface area contributed by atoms with Gasteiger partial charge in [0.1, 0.15) is 0 Å². The molecule has 1 aromatic rings. The molecule has 1 unspecified atom stereocenters. The monoisotopic (exact) mass is 214 g/mol. The molecule has 2 N–H and O–H groups in total. The van der Waals surface area contributed by atoms with Gasteiger partial charge in [-0.2, -0.15) is 0 Å². The Morgan fingerprint density at radius 2 is 2.43 bits per heavy atom. The van der Waals surface area contributed by atoms with Gasteiger partial charge in [0.15, 0.2) is 5.69 Å². The second-order valence-electron chi connectivity index (χ2n) is 3.16. The predicted molar refractivity (Wildman–Crippen MR) is 55.3 cm³/mol. The van der Waals surface area contributed by atoms with Crippen LogP contribution in [-0.4, -0.2) is 35.6 Å². The first-order valence-corrected chi connectivity index (χ1v) is 5.27. The molecule has 0 saturated heterocycles. The number of aromatic nitrogens is 2. The Bertz CT molecular complexity index is 275. The van der Waals surface area contributed by atoms with Crippen LogP contribution in [0.15, 0.2) is 5.38 Å². The molecule has 0 bridgehead atoms. The summed E-state index contributed by atoms with van der Waals surface area (Å²) in [6.45, 7) is 3.60. The molecule has 0 aliphatic rings. The van der Waals surface area contributed by atoms with Gasteiger partial charge in [-0.05, 0) is 31.0 Å². The van der Waals surface area contributed by atoms with Crippen molar-refractivity contribution in [3.63, 3.8) is 0 Å². The van der Waals surface area contributed by atoms with Gasteiger partial charge >= 0.3 is 0 Å². The second-order valence-corrected chi connectivity index (χ2v) is 3.77. The Hall–Kier alpha value is -1.01. The van der Waals surface area contributed by atoms with E-state index in [1.807, 2.05) is 7.05 Å². The summed E-state index contributed by atoms with van der Waals surface area (Å²) in [5.41, 5.74) is 0.395. The van der Waals surface area contributed by atoms with Crippen LogP contribution in [0.1, 0.15) is 17.4 Å². The molecular formula is C8H14N4OS. The third-order valence-corrected chi connectivity index (χ3v) is 2.26. The molecule has 6 heteroatoms. The maximum Gasteiger partial charge on any atom is 0.272 e. The average molecular weight is 214 g/mol. The van der Waals surface area contributed by atoms with Gasteiger partial charge in [0, 0.05) is 11.9 Å². The Balaban J connectivity index is 2.28. The van der Waals surface area contributed by atoms with Gasteiger partial charge in [-0.1, -0.05) is 11.4 Å². The summed E-state index contributed by atoms with van der Waals surface area (Å²) in [4.78, 5) is 11.4. The molecule has 0 aliphatic heterocycles. The van der Waals surface area contributed by atoms with Crippen molar-refractivity contribution in [2.45, 2.75) is 6.92 Å². The molecule has 0 fully saturated rings. The maximum atomic E-state index is 11.4. The summed E-state index contributed by atoms with van der Waals surface area (Å²) in [7, 11) is 1.89. The van der Waals surface area contributed by atoms with Gasteiger partial charge in [-0.15, -0.1) is 5.10 Å². The van der Waals surface area contributed by atoms with E-state index in [0.29, 0.717) is 18.2 Å². The zero-order valence-corrected chi connectivity index (χ0v) is 9.10. The molecule has 0 radical (unpaired) electrons. The van der Waals surface area contributed by atoms with Crippen molar-refractivity contribution in [3.8, 4) is 0 Å². The van der Waals surface area contributed by atoms with Crippen LogP contribution in [0.5, 0.6) is 0 Å². The van der Waals surface area contributed by atoms with Crippen LogP contribution in [0.4, 0.5) is 0 Å². The highest BCUT2D eigenvalue weighted by Gasteiger charge is 2.09. The van der Waals surface area contributed by atoms with Crippen molar-refractivity contribution in [2.75, 3.05) is 20.1 Å². The number of nitrogens with one attached hydrogen (secondary N) is 2.